The minimum atomic E-state index is -0.468. The Balaban J connectivity index is 1.57. The number of nitriles is 1. The first-order chi connectivity index (χ1) is 18.3. The van der Waals surface area contributed by atoms with Crippen molar-refractivity contribution in [2.24, 2.45) is 0 Å². The van der Waals surface area contributed by atoms with Gasteiger partial charge in [-0.3, -0.25) is 4.79 Å². The average Bonchev–Trinajstić information content (AvgIpc) is 3.33. The van der Waals surface area contributed by atoms with Crippen LogP contribution >= 0.6 is 0 Å². The molecule has 4 rings (SSSR count). The summed E-state index contributed by atoms with van der Waals surface area (Å²) in [6.07, 6.45) is 5.15. The molecular formula is C30H31N5O3. The summed E-state index contributed by atoms with van der Waals surface area (Å²) in [6, 6.07) is 17.5. The van der Waals surface area contributed by atoms with Crippen molar-refractivity contribution in [2.75, 3.05) is 28.3 Å². The molecule has 0 radical (unpaired) electrons. The number of amides is 1. The number of fused-ring (bicyclic) bond motifs is 1. The zero-order valence-corrected chi connectivity index (χ0v) is 22.2. The van der Waals surface area contributed by atoms with Crippen LogP contribution in [0.1, 0.15) is 29.7 Å². The third-order valence-corrected chi connectivity index (χ3v) is 6.27. The third-order valence-electron chi connectivity index (χ3n) is 6.27. The number of ether oxygens (including phenoxy) is 2. The van der Waals surface area contributed by atoms with E-state index < -0.39 is 5.91 Å². The molecule has 0 saturated carbocycles. The van der Waals surface area contributed by atoms with Gasteiger partial charge in [0.25, 0.3) is 5.91 Å². The Kier molecular flexibility index (Phi) is 8.09. The van der Waals surface area contributed by atoms with Crippen molar-refractivity contribution in [3.05, 3.63) is 83.2 Å². The van der Waals surface area contributed by atoms with Gasteiger partial charge in [-0.25, -0.2) is 4.98 Å². The van der Waals surface area contributed by atoms with E-state index in [0.717, 1.165) is 28.6 Å². The van der Waals surface area contributed by atoms with E-state index in [2.05, 4.69) is 44.5 Å². The monoisotopic (exact) mass is 509 g/mol. The minimum absolute atomic E-state index is 0.00309. The lowest BCUT2D eigenvalue weighted by molar-refractivity contribution is -0.117. The quantitative estimate of drug-likeness (QED) is 0.241. The molecule has 8 nitrogen and oxygen atoms in total. The molecule has 194 valence electrons. The van der Waals surface area contributed by atoms with Crippen LogP contribution in [0.5, 0.6) is 11.5 Å². The van der Waals surface area contributed by atoms with Gasteiger partial charge in [-0.1, -0.05) is 30.3 Å². The minimum Gasteiger partial charge on any atom is -0.493 e. The summed E-state index contributed by atoms with van der Waals surface area (Å²) in [5.41, 5.74) is 5.44. The fourth-order valence-corrected chi connectivity index (χ4v) is 4.25. The fourth-order valence-electron chi connectivity index (χ4n) is 4.25. The van der Waals surface area contributed by atoms with Crippen LogP contribution in [0.25, 0.3) is 28.2 Å². The Morgan fingerprint density at radius 3 is 2.50 bits per heavy atom. The lowest BCUT2D eigenvalue weighted by atomic mass is 10.0. The number of nitrogens with zero attached hydrogens (tertiary/aromatic N) is 3. The number of rotatable bonds is 9. The van der Waals surface area contributed by atoms with Gasteiger partial charge in [0.05, 0.1) is 20.3 Å². The normalized spacial score (nSPS) is 12.3. The van der Waals surface area contributed by atoms with Gasteiger partial charge in [-0.15, -0.1) is 0 Å². The molecule has 0 unspecified atom stereocenters. The van der Waals surface area contributed by atoms with E-state index >= 15 is 0 Å². The van der Waals surface area contributed by atoms with Crippen molar-refractivity contribution in [1.29, 1.82) is 5.26 Å². The SMILES string of the molecule is COc1ccc([C@@H](C)NC(=O)/C(C#N)=C/c2c[nH]c3ncc(-c4ccc(CN(C)C)cc4)cc23)cc1OC. The number of methoxy groups -OCH3 is 2. The summed E-state index contributed by atoms with van der Waals surface area (Å²) in [5, 5.41) is 13.5. The standard InChI is InChI=1S/C30H31N5O3/c1-19(22-10-11-27(37-4)28(14-22)38-5)34-30(36)23(15-31)12-25-17-33-29-26(25)13-24(16-32-29)21-8-6-20(7-9-21)18-35(2)3/h6-14,16-17,19H,18H2,1-5H3,(H,32,33)(H,34,36)/b23-12+/t19-/m1/s1. The maximum absolute atomic E-state index is 13.0. The number of H-pyrrole nitrogens is 1. The molecule has 1 atom stereocenters. The molecule has 0 aliphatic carbocycles. The fraction of sp³-hybridized carbons (Fsp3) is 0.233. The smallest absolute Gasteiger partial charge is 0.262 e. The van der Waals surface area contributed by atoms with E-state index in [1.165, 1.54) is 5.56 Å². The number of hydrogen-bond acceptors (Lipinski definition) is 6. The average molecular weight is 510 g/mol. The molecule has 0 aliphatic rings. The first-order valence-electron chi connectivity index (χ1n) is 12.2. The largest absolute Gasteiger partial charge is 0.493 e. The summed E-state index contributed by atoms with van der Waals surface area (Å²) in [7, 11) is 7.21. The van der Waals surface area contributed by atoms with Crippen molar-refractivity contribution in [1.82, 2.24) is 20.2 Å². The highest BCUT2D eigenvalue weighted by Gasteiger charge is 2.17. The molecule has 0 bridgehead atoms. The molecule has 0 fully saturated rings. The third kappa shape index (κ3) is 5.85. The van der Waals surface area contributed by atoms with Gasteiger partial charge in [0.15, 0.2) is 11.5 Å². The maximum Gasteiger partial charge on any atom is 0.262 e. The Hall–Kier alpha value is -4.61. The number of benzene rings is 2. The van der Waals surface area contributed by atoms with Crippen LogP contribution in [0.2, 0.25) is 0 Å². The zero-order chi connectivity index (χ0) is 27.2. The van der Waals surface area contributed by atoms with Crippen LogP contribution in [0.4, 0.5) is 0 Å². The molecule has 2 aromatic heterocycles. The summed E-state index contributed by atoms with van der Waals surface area (Å²) >= 11 is 0. The van der Waals surface area contributed by atoms with E-state index in [4.69, 9.17) is 9.47 Å². The zero-order valence-electron chi connectivity index (χ0n) is 22.2. The highest BCUT2D eigenvalue weighted by Crippen LogP contribution is 2.30. The van der Waals surface area contributed by atoms with Crippen LogP contribution in [0.15, 0.2) is 66.5 Å². The first kappa shape index (κ1) is 26.5. The second-order valence-corrected chi connectivity index (χ2v) is 9.28. The predicted octanol–water partition coefficient (Wildman–Crippen LogP) is 5.09. The summed E-state index contributed by atoms with van der Waals surface area (Å²) < 4.78 is 10.6. The molecule has 8 heteroatoms. The molecule has 4 aromatic rings. The summed E-state index contributed by atoms with van der Waals surface area (Å²) in [6.45, 7) is 2.72. The van der Waals surface area contributed by atoms with Crippen molar-refractivity contribution < 1.29 is 14.3 Å². The lowest BCUT2D eigenvalue weighted by Crippen LogP contribution is -2.27. The van der Waals surface area contributed by atoms with Crippen LogP contribution in [0, 0.1) is 11.3 Å². The molecule has 0 saturated heterocycles. The van der Waals surface area contributed by atoms with Crippen LogP contribution in [-0.4, -0.2) is 49.1 Å². The summed E-state index contributed by atoms with van der Waals surface area (Å²) in [4.78, 5) is 22.8. The number of aromatic nitrogens is 2. The number of aromatic amines is 1. The second kappa shape index (κ2) is 11.6. The van der Waals surface area contributed by atoms with Gasteiger partial charge in [0.2, 0.25) is 0 Å². The highest BCUT2D eigenvalue weighted by atomic mass is 16.5. The van der Waals surface area contributed by atoms with Crippen molar-refractivity contribution in [3.8, 4) is 28.7 Å². The van der Waals surface area contributed by atoms with Gasteiger partial charge in [-0.05, 0) is 62.0 Å². The van der Waals surface area contributed by atoms with Gasteiger partial charge in [0, 0.05) is 35.5 Å². The molecule has 2 N–H and O–H groups in total. The van der Waals surface area contributed by atoms with E-state index in [-0.39, 0.29) is 11.6 Å². The maximum atomic E-state index is 13.0. The molecule has 38 heavy (non-hydrogen) atoms. The lowest BCUT2D eigenvalue weighted by Gasteiger charge is -2.16. The highest BCUT2D eigenvalue weighted by molar-refractivity contribution is 6.04. The Labute approximate surface area is 222 Å². The molecule has 1 amide bonds. The molecule has 0 aliphatic heterocycles. The van der Waals surface area contributed by atoms with E-state index in [0.29, 0.717) is 22.7 Å². The van der Waals surface area contributed by atoms with Gasteiger partial charge < -0.3 is 24.7 Å². The molecule has 2 heterocycles. The number of carbonyl (C=O) groups excluding carboxylic acids is 1. The number of nitrogens with one attached hydrogen (secondary N) is 2. The van der Waals surface area contributed by atoms with Gasteiger partial charge in [-0.2, -0.15) is 5.26 Å². The Bertz CT molecular complexity index is 1510. The van der Waals surface area contributed by atoms with Crippen LogP contribution in [-0.2, 0) is 11.3 Å². The summed E-state index contributed by atoms with van der Waals surface area (Å²) in [5.74, 6) is 0.700. The molecular weight excluding hydrogens is 478 g/mol. The number of carbonyl (C=O) groups is 1. The number of pyridine rings is 1. The van der Waals surface area contributed by atoms with E-state index in [9.17, 15) is 10.1 Å². The van der Waals surface area contributed by atoms with Crippen molar-refractivity contribution in [2.45, 2.75) is 19.5 Å². The van der Waals surface area contributed by atoms with Crippen molar-refractivity contribution in [3.63, 3.8) is 0 Å². The van der Waals surface area contributed by atoms with E-state index in [1.807, 2.05) is 45.4 Å². The van der Waals surface area contributed by atoms with E-state index in [1.54, 1.807) is 38.6 Å². The number of hydrogen-bond donors (Lipinski definition) is 2. The molecule has 2 aromatic carbocycles. The Morgan fingerprint density at radius 2 is 1.84 bits per heavy atom. The van der Waals surface area contributed by atoms with Crippen molar-refractivity contribution >= 4 is 23.0 Å². The predicted molar refractivity (Wildman–Crippen MR) is 149 cm³/mol. The van der Waals surface area contributed by atoms with Gasteiger partial charge in [0.1, 0.15) is 17.3 Å². The Morgan fingerprint density at radius 1 is 1.11 bits per heavy atom. The topological polar surface area (TPSA) is 103 Å². The van der Waals surface area contributed by atoms with Crippen LogP contribution in [0.3, 0.4) is 0 Å². The first-order valence-corrected chi connectivity index (χ1v) is 12.2. The van der Waals surface area contributed by atoms with Gasteiger partial charge >= 0.3 is 0 Å². The second-order valence-electron chi connectivity index (χ2n) is 9.28. The van der Waals surface area contributed by atoms with Crippen LogP contribution < -0.4 is 14.8 Å². The molecule has 0 spiro atoms.